The zero-order chi connectivity index (χ0) is 25.1. The fraction of sp³-hybridized carbons (Fsp3) is 0.179. The highest BCUT2D eigenvalue weighted by Crippen LogP contribution is 2.30. The molecule has 1 atom stereocenters. The minimum absolute atomic E-state index is 0.194. The van der Waals surface area contributed by atoms with Crippen LogP contribution >= 0.6 is 45.8 Å². The molecule has 0 saturated carbocycles. The van der Waals surface area contributed by atoms with Gasteiger partial charge in [-0.05, 0) is 93.2 Å². The summed E-state index contributed by atoms with van der Waals surface area (Å²) in [6, 6.07) is 25.2. The Morgan fingerprint density at radius 1 is 0.972 bits per heavy atom. The predicted octanol–water partition coefficient (Wildman–Crippen LogP) is 7.88. The molecule has 5 rings (SSSR count). The maximum Gasteiger partial charge on any atom is 0.261 e. The SMILES string of the molecule is O=C(NN1Cc2cccc3cccc(c23)C1)C(CCc1ccc(I)cc1)N=Nc1ccc(Cl)cc1Cl. The molecule has 1 heterocycles. The van der Waals surface area contributed by atoms with Crippen LogP contribution in [0.2, 0.25) is 10.0 Å². The Kier molecular flexibility index (Phi) is 7.86. The van der Waals surface area contributed by atoms with Gasteiger partial charge in [-0.15, -0.1) is 0 Å². The lowest BCUT2D eigenvalue weighted by molar-refractivity contribution is -0.128. The third-order valence-electron chi connectivity index (χ3n) is 6.20. The van der Waals surface area contributed by atoms with E-state index in [0.717, 1.165) is 5.56 Å². The van der Waals surface area contributed by atoms with Gasteiger partial charge >= 0.3 is 0 Å². The van der Waals surface area contributed by atoms with Crippen LogP contribution in [0.5, 0.6) is 0 Å². The lowest BCUT2D eigenvalue weighted by atomic mass is 9.96. The van der Waals surface area contributed by atoms with Crippen molar-refractivity contribution >= 4 is 68.2 Å². The lowest BCUT2D eigenvalue weighted by Gasteiger charge is -2.30. The van der Waals surface area contributed by atoms with Crippen molar-refractivity contribution in [1.82, 2.24) is 10.4 Å². The second kappa shape index (κ2) is 11.3. The van der Waals surface area contributed by atoms with Gasteiger partial charge in [-0.25, -0.2) is 5.01 Å². The molecule has 0 aliphatic carbocycles. The first-order valence-corrected chi connectivity index (χ1v) is 13.4. The summed E-state index contributed by atoms with van der Waals surface area (Å²) in [5, 5.41) is 14.1. The average Bonchev–Trinajstić information content (AvgIpc) is 2.86. The van der Waals surface area contributed by atoms with E-state index in [1.54, 1.807) is 18.2 Å². The summed E-state index contributed by atoms with van der Waals surface area (Å²) < 4.78 is 1.17. The number of rotatable bonds is 7. The highest BCUT2D eigenvalue weighted by atomic mass is 127. The van der Waals surface area contributed by atoms with Crippen LogP contribution in [0.1, 0.15) is 23.1 Å². The Hall–Kier alpha value is -2.52. The van der Waals surface area contributed by atoms with E-state index >= 15 is 0 Å². The van der Waals surface area contributed by atoms with Gasteiger partial charge in [0.15, 0.2) is 6.04 Å². The molecule has 1 unspecified atom stereocenters. The van der Waals surface area contributed by atoms with Crippen molar-refractivity contribution in [3.63, 3.8) is 0 Å². The third-order valence-corrected chi connectivity index (χ3v) is 7.46. The molecule has 1 N–H and O–H groups in total. The molecule has 4 aromatic rings. The van der Waals surface area contributed by atoms with E-state index in [2.05, 4.69) is 98.9 Å². The number of amides is 1. The zero-order valence-corrected chi connectivity index (χ0v) is 23.0. The van der Waals surface area contributed by atoms with Gasteiger partial charge in [0.1, 0.15) is 5.69 Å². The number of carbonyl (C=O) groups excluding carboxylic acids is 1. The molecule has 0 fully saturated rings. The maximum atomic E-state index is 13.4. The van der Waals surface area contributed by atoms with E-state index < -0.39 is 6.04 Å². The maximum absolute atomic E-state index is 13.4. The van der Waals surface area contributed by atoms with Crippen LogP contribution in [0, 0.1) is 3.57 Å². The summed E-state index contributed by atoms with van der Waals surface area (Å²) in [5.41, 5.74) is 7.11. The molecular weight excluding hydrogens is 606 g/mol. The Morgan fingerprint density at radius 2 is 1.67 bits per heavy atom. The Balaban J connectivity index is 1.34. The van der Waals surface area contributed by atoms with Gasteiger partial charge in [-0.1, -0.05) is 71.7 Å². The molecule has 1 aliphatic heterocycles. The van der Waals surface area contributed by atoms with Gasteiger partial charge in [0.2, 0.25) is 0 Å². The summed E-state index contributed by atoms with van der Waals surface area (Å²) in [7, 11) is 0. The molecule has 0 saturated heterocycles. The monoisotopic (exact) mass is 628 g/mol. The van der Waals surface area contributed by atoms with Gasteiger partial charge in [-0.3, -0.25) is 10.2 Å². The first-order chi connectivity index (χ1) is 17.5. The second-order valence-corrected chi connectivity index (χ2v) is 10.8. The number of nitrogens with zero attached hydrogens (tertiary/aromatic N) is 3. The van der Waals surface area contributed by atoms with E-state index in [9.17, 15) is 4.79 Å². The number of aryl methyl sites for hydroxylation is 1. The Bertz CT molecular complexity index is 1400. The van der Waals surface area contributed by atoms with Crippen LogP contribution in [0.25, 0.3) is 10.8 Å². The number of hydrogen-bond acceptors (Lipinski definition) is 4. The van der Waals surface area contributed by atoms with Gasteiger partial charge in [0.05, 0.1) is 5.02 Å². The number of halogens is 3. The van der Waals surface area contributed by atoms with Crippen molar-refractivity contribution in [1.29, 1.82) is 0 Å². The number of hydrazine groups is 1. The standard InChI is InChI=1S/C28H23Cl2IN4O/c29-22-10-14-25(24(30)15-22)32-33-26(13-9-18-7-11-23(31)12-8-18)28(36)34-35-16-20-5-1-3-19-4-2-6-21(17-35)27(19)20/h1-8,10-12,14-15,26H,9,13,16-17H2,(H,34,36). The number of hydrogen-bond donors (Lipinski definition) is 1. The van der Waals surface area contributed by atoms with Crippen molar-refractivity contribution in [2.24, 2.45) is 10.2 Å². The molecule has 0 spiro atoms. The smallest absolute Gasteiger partial charge is 0.261 e. The van der Waals surface area contributed by atoms with E-state index in [1.165, 1.54) is 25.5 Å². The molecule has 8 heteroatoms. The fourth-order valence-electron chi connectivity index (χ4n) is 4.43. The van der Waals surface area contributed by atoms with Gasteiger partial charge in [0.25, 0.3) is 5.91 Å². The molecule has 182 valence electrons. The molecule has 0 bridgehead atoms. The summed E-state index contributed by atoms with van der Waals surface area (Å²) >= 11 is 14.6. The summed E-state index contributed by atoms with van der Waals surface area (Å²) in [6.45, 7) is 1.26. The van der Waals surface area contributed by atoms with Crippen LogP contribution < -0.4 is 5.43 Å². The largest absolute Gasteiger partial charge is 0.286 e. The second-order valence-electron chi connectivity index (χ2n) is 8.76. The summed E-state index contributed by atoms with van der Waals surface area (Å²) in [5.74, 6) is -0.194. The summed E-state index contributed by atoms with van der Waals surface area (Å²) in [6.07, 6.45) is 1.21. The number of azo groups is 1. The number of benzene rings is 4. The molecular formula is C28H23Cl2IN4O. The van der Waals surface area contributed by atoms with Crippen LogP contribution in [-0.2, 0) is 24.3 Å². The topological polar surface area (TPSA) is 57.1 Å². The van der Waals surface area contributed by atoms with Crippen LogP contribution in [0.15, 0.2) is 89.1 Å². The highest BCUT2D eigenvalue weighted by molar-refractivity contribution is 14.1. The van der Waals surface area contributed by atoms with E-state index in [0.29, 0.717) is 41.7 Å². The van der Waals surface area contributed by atoms with Crippen molar-refractivity contribution in [3.8, 4) is 0 Å². The van der Waals surface area contributed by atoms with Crippen molar-refractivity contribution in [3.05, 3.63) is 109 Å². The summed E-state index contributed by atoms with van der Waals surface area (Å²) in [4.78, 5) is 13.4. The van der Waals surface area contributed by atoms with Crippen LogP contribution in [-0.4, -0.2) is 17.0 Å². The minimum atomic E-state index is -0.677. The first-order valence-electron chi connectivity index (χ1n) is 11.6. The molecule has 36 heavy (non-hydrogen) atoms. The predicted molar refractivity (Wildman–Crippen MR) is 154 cm³/mol. The van der Waals surface area contributed by atoms with Crippen molar-refractivity contribution in [2.45, 2.75) is 32.0 Å². The molecule has 1 amide bonds. The first kappa shape index (κ1) is 25.1. The highest BCUT2D eigenvalue weighted by Gasteiger charge is 2.24. The normalized spacial score (nSPS) is 14.3. The van der Waals surface area contributed by atoms with Crippen molar-refractivity contribution in [2.75, 3.05) is 0 Å². The quantitative estimate of drug-likeness (QED) is 0.167. The molecule has 4 aromatic carbocycles. The molecule has 0 aromatic heterocycles. The molecule has 5 nitrogen and oxygen atoms in total. The van der Waals surface area contributed by atoms with E-state index in [-0.39, 0.29) is 5.91 Å². The number of nitrogens with one attached hydrogen (secondary N) is 1. The van der Waals surface area contributed by atoms with E-state index in [4.69, 9.17) is 23.2 Å². The Morgan fingerprint density at radius 3 is 2.33 bits per heavy atom. The average molecular weight is 629 g/mol. The van der Waals surface area contributed by atoms with Crippen molar-refractivity contribution < 1.29 is 4.79 Å². The molecule has 0 radical (unpaired) electrons. The zero-order valence-electron chi connectivity index (χ0n) is 19.3. The number of carbonyl (C=O) groups is 1. The van der Waals surface area contributed by atoms with E-state index in [1.807, 2.05) is 5.01 Å². The van der Waals surface area contributed by atoms with Crippen LogP contribution in [0.4, 0.5) is 5.69 Å². The Labute approximate surface area is 233 Å². The lowest BCUT2D eigenvalue weighted by Crippen LogP contribution is -2.46. The van der Waals surface area contributed by atoms with Gasteiger partial charge in [-0.2, -0.15) is 10.2 Å². The minimum Gasteiger partial charge on any atom is -0.286 e. The fourth-order valence-corrected chi connectivity index (χ4v) is 5.24. The van der Waals surface area contributed by atoms with Gasteiger partial charge < -0.3 is 0 Å². The molecule has 1 aliphatic rings. The third kappa shape index (κ3) is 5.89. The van der Waals surface area contributed by atoms with Crippen LogP contribution in [0.3, 0.4) is 0 Å². The van der Waals surface area contributed by atoms with Gasteiger partial charge in [0, 0.05) is 21.7 Å².